The van der Waals surface area contributed by atoms with Crippen molar-refractivity contribution in [2.45, 2.75) is 31.8 Å². The highest BCUT2D eigenvalue weighted by atomic mass is 79.9. The van der Waals surface area contributed by atoms with Crippen molar-refractivity contribution in [1.82, 2.24) is 15.5 Å². The molecule has 0 radical (unpaired) electrons. The number of piperidine rings is 1. The van der Waals surface area contributed by atoms with Crippen LogP contribution in [0.25, 0.3) is 0 Å². The minimum atomic E-state index is 0.0723. The molecule has 3 rings (SSSR count). The molecule has 2 atom stereocenters. The summed E-state index contributed by atoms with van der Waals surface area (Å²) in [6.45, 7) is 4.85. The van der Waals surface area contributed by atoms with Crippen LogP contribution in [0.3, 0.4) is 0 Å². The Labute approximate surface area is 128 Å². The van der Waals surface area contributed by atoms with Crippen molar-refractivity contribution < 1.29 is 4.79 Å². The fourth-order valence-electron chi connectivity index (χ4n) is 3.13. The van der Waals surface area contributed by atoms with Crippen LogP contribution in [0.1, 0.15) is 30.0 Å². The van der Waals surface area contributed by atoms with Gasteiger partial charge in [-0.25, -0.2) is 4.79 Å². The van der Waals surface area contributed by atoms with E-state index in [0.29, 0.717) is 6.04 Å². The van der Waals surface area contributed by atoms with Crippen LogP contribution in [0, 0.1) is 6.92 Å². The molecular weight excluding hydrogens is 318 g/mol. The molecule has 0 spiro atoms. The molecule has 2 saturated heterocycles. The maximum absolute atomic E-state index is 12.2. The van der Waals surface area contributed by atoms with E-state index >= 15 is 0 Å². The average Bonchev–Trinajstić information content (AvgIpc) is 2.84. The van der Waals surface area contributed by atoms with Crippen LogP contribution in [0.15, 0.2) is 22.7 Å². The van der Waals surface area contributed by atoms with Crippen molar-refractivity contribution in [3.05, 3.63) is 33.8 Å². The monoisotopic (exact) mass is 337 g/mol. The smallest absolute Gasteiger partial charge is 0.318 e. The molecule has 108 valence electrons. The predicted octanol–water partition coefficient (Wildman–Crippen LogP) is 2.58. The Bertz CT molecular complexity index is 514. The molecule has 20 heavy (non-hydrogen) atoms. The van der Waals surface area contributed by atoms with E-state index in [1.54, 1.807) is 0 Å². The largest absolute Gasteiger partial charge is 0.329 e. The average molecular weight is 338 g/mol. The second-order valence-corrected chi connectivity index (χ2v) is 6.57. The number of carbonyl (C=O) groups excluding carboxylic acids is 1. The van der Waals surface area contributed by atoms with E-state index in [-0.39, 0.29) is 12.1 Å². The van der Waals surface area contributed by atoms with Crippen LogP contribution in [-0.2, 0) is 0 Å². The van der Waals surface area contributed by atoms with E-state index in [4.69, 9.17) is 0 Å². The molecule has 2 N–H and O–H groups in total. The molecule has 5 heteroatoms. The van der Waals surface area contributed by atoms with E-state index in [0.717, 1.165) is 36.9 Å². The topological polar surface area (TPSA) is 44.4 Å². The first-order valence-electron chi connectivity index (χ1n) is 7.19. The molecule has 0 saturated carbocycles. The molecule has 4 nitrogen and oxygen atoms in total. The third kappa shape index (κ3) is 2.69. The minimum Gasteiger partial charge on any atom is -0.329 e. The number of amides is 2. The molecular formula is C15H20BrN3O. The van der Waals surface area contributed by atoms with E-state index in [9.17, 15) is 4.79 Å². The molecule has 0 aromatic heterocycles. The third-order valence-corrected chi connectivity index (χ3v) is 4.76. The van der Waals surface area contributed by atoms with E-state index in [1.165, 1.54) is 11.1 Å². The Morgan fingerprint density at radius 3 is 3.00 bits per heavy atom. The summed E-state index contributed by atoms with van der Waals surface area (Å²) in [5.74, 6) is 0. The lowest BCUT2D eigenvalue weighted by Gasteiger charge is -2.30. The summed E-state index contributed by atoms with van der Waals surface area (Å²) in [7, 11) is 0. The lowest BCUT2D eigenvalue weighted by atomic mass is 10.0. The SMILES string of the molecule is Cc1ccc(Br)cc1C1CN(C2CCCNC2)C(=O)N1. The van der Waals surface area contributed by atoms with Crippen LogP contribution in [0.4, 0.5) is 4.79 Å². The van der Waals surface area contributed by atoms with Gasteiger partial charge in [-0.15, -0.1) is 0 Å². The van der Waals surface area contributed by atoms with E-state index < -0.39 is 0 Å². The van der Waals surface area contributed by atoms with Crippen LogP contribution < -0.4 is 10.6 Å². The Balaban J connectivity index is 1.77. The van der Waals surface area contributed by atoms with Crippen LogP contribution >= 0.6 is 15.9 Å². The molecule has 2 unspecified atom stereocenters. The van der Waals surface area contributed by atoms with Gasteiger partial charge in [-0.3, -0.25) is 0 Å². The van der Waals surface area contributed by atoms with Crippen LogP contribution in [-0.4, -0.2) is 36.6 Å². The van der Waals surface area contributed by atoms with Gasteiger partial charge in [0.1, 0.15) is 0 Å². The normalized spacial score (nSPS) is 26.7. The van der Waals surface area contributed by atoms with Gasteiger partial charge >= 0.3 is 6.03 Å². The van der Waals surface area contributed by atoms with Crippen molar-refractivity contribution in [3.63, 3.8) is 0 Å². The first-order chi connectivity index (χ1) is 9.65. The highest BCUT2D eigenvalue weighted by molar-refractivity contribution is 9.10. The molecule has 0 bridgehead atoms. The molecule has 2 aliphatic rings. The summed E-state index contributed by atoms with van der Waals surface area (Å²) in [4.78, 5) is 14.2. The van der Waals surface area contributed by atoms with Crippen molar-refractivity contribution >= 4 is 22.0 Å². The fourth-order valence-corrected chi connectivity index (χ4v) is 3.51. The summed E-state index contributed by atoms with van der Waals surface area (Å²) in [6.07, 6.45) is 2.25. The number of benzene rings is 1. The molecule has 1 aromatic carbocycles. The highest BCUT2D eigenvalue weighted by Gasteiger charge is 2.35. The van der Waals surface area contributed by atoms with Crippen molar-refractivity contribution in [2.75, 3.05) is 19.6 Å². The summed E-state index contributed by atoms with van der Waals surface area (Å²) in [5, 5.41) is 6.50. The number of carbonyl (C=O) groups is 1. The van der Waals surface area contributed by atoms with Gasteiger partial charge < -0.3 is 15.5 Å². The van der Waals surface area contributed by atoms with Crippen LogP contribution in [0.2, 0.25) is 0 Å². The highest BCUT2D eigenvalue weighted by Crippen LogP contribution is 2.28. The number of rotatable bonds is 2. The summed E-state index contributed by atoms with van der Waals surface area (Å²) in [6, 6.07) is 6.75. The van der Waals surface area contributed by atoms with Crippen molar-refractivity contribution in [2.24, 2.45) is 0 Å². The van der Waals surface area contributed by atoms with Crippen LogP contribution in [0.5, 0.6) is 0 Å². The quantitative estimate of drug-likeness (QED) is 0.871. The van der Waals surface area contributed by atoms with Gasteiger partial charge in [-0.05, 0) is 49.6 Å². The lowest BCUT2D eigenvalue weighted by Crippen LogP contribution is -2.47. The Morgan fingerprint density at radius 2 is 2.25 bits per heavy atom. The molecule has 0 aliphatic carbocycles. The zero-order chi connectivity index (χ0) is 14.1. The zero-order valence-corrected chi connectivity index (χ0v) is 13.2. The minimum absolute atomic E-state index is 0.0723. The molecule has 1 aromatic rings. The maximum Gasteiger partial charge on any atom is 0.318 e. The van der Waals surface area contributed by atoms with Gasteiger partial charge in [-0.1, -0.05) is 22.0 Å². The first-order valence-corrected chi connectivity index (χ1v) is 7.98. The van der Waals surface area contributed by atoms with Gasteiger partial charge in [0, 0.05) is 23.6 Å². The van der Waals surface area contributed by atoms with Gasteiger partial charge in [0.15, 0.2) is 0 Å². The lowest BCUT2D eigenvalue weighted by molar-refractivity contribution is 0.184. The van der Waals surface area contributed by atoms with E-state index in [2.05, 4.69) is 45.6 Å². The van der Waals surface area contributed by atoms with Gasteiger partial charge in [0.05, 0.1) is 6.04 Å². The Morgan fingerprint density at radius 1 is 1.40 bits per heavy atom. The number of hydrogen-bond donors (Lipinski definition) is 2. The number of aryl methyl sites for hydroxylation is 1. The van der Waals surface area contributed by atoms with Crippen molar-refractivity contribution in [3.8, 4) is 0 Å². The number of nitrogens with zero attached hydrogens (tertiary/aromatic N) is 1. The molecule has 2 aliphatic heterocycles. The number of hydrogen-bond acceptors (Lipinski definition) is 2. The maximum atomic E-state index is 12.2. The Kier molecular flexibility index (Phi) is 3.98. The number of urea groups is 1. The second kappa shape index (κ2) is 5.74. The van der Waals surface area contributed by atoms with E-state index in [1.807, 2.05) is 11.0 Å². The standard InChI is InChI=1S/C15H20BrN3O/c1-10-4-5-11(16)7-13(10)14-9-19(15(20)18-14)12-3-2-6-17-8-12/h4-5,7,12,14,17H,2-3,6,8-9H2,1H3,(H,18,20). The Hall–Kier alpha value is -1.07. The molecule has 2 fully saturated rings. The number of nitrogens with one attached hydrogen (secondary N) is 2. The second-order valence-electron chi connectivity index (χ2n) is 5.66. The number of halogens is 1. The molecule has 2 heterocycles. The van der Waals surface area contributed by atoms with Gasteiger partial charge in [0.2, 0.25) is 0 Å². The fraction of sp³-hybridized carbons (Fsp3) is 0.533. The zero-order valence-electron chi connectivity index (χ0n) is 11.7. The third-order valence-electron chi connectivity index (χ3n) is 4.27. The summed E-state index contributed by atoms with van der Waals surface area (Å²) in [5.41, 5.74) is 2.43. The molecule has 2 amide bonds. The summed E-state index contributed by atoms with van der Waals surface area (Å²) >= 11 is 3.51. The van der Waals surface area contributed by atoms with Gasteiger partial charge in [-0.2, -0.15) is 0 Å². The van der Waals surface area contributed by atoms with Crippen molar-refractivity contribution in [1.29, 1.82) is 0 Å². The predicted molar refractivity (Wildman–Crippen MR) is 82.7 cm³/mol. The summed E-state index contributed by atoms with van der Waals surface area (Å²) < 4.78 is 1.06. The van der Waals surface area contributed by atoms with Gasteiger partial charge in [0.25, 0.3) is 0 Å². The first kappa shape index (κ1) is 13.9.